The molecule has 5 rings (SSSR count). The number of nitrogens with one attached hydrogen (secondary N) is 1. The van der Waals surface area contributed by atoms with E-state index in [9.17, 15) is 4.79 Å². The molecule has 4 heterocycles. The number of rotatable bonds is 5. The second-order valence-corrected chi connectivity index (χ2v) is 10.3. The molecule has 3 aromatic heterocycles. The Bertz CT molecular complexity index is 1340. The van der Waals surface area contributed by atoms with E-state index in [4.69, 9.17) is 0 Å². The first-order valence-electron chi connectivity index (χ1n) is 12.3. The van der Waals surface area contributed by atoms with Crippen LogP contribution in [0.25, 0.3) is 27.8 Å². The standard InChI is InChI=1S/C28H35N5O/c1-18(2)27-23-15-21(20-8-11-32(12-9-20)26(34)17-31(4)5)6-7-24(23)30-28(27)22-14-19(3)33-13-10-29-25(33)16-22/h6-7,10,13-16,18,20,30H,8-9,11-12,17H2,1-5H3. The van der Waals surface area contributed by atoms with Crippen LogP contribution < -0.4 is 0 Å². The molecule has 0 unspecified atom stereocenters. The number of amides is 1. The summed E-state index contributed by atoms with van der Waals surface area (Å²) < 4.78 is 2.12. The normalized spacial score (nSPS) is 15.3. The predicted molar refractivity (Wildman–Crippen MR) is 138 cm³/mol. The lowest BCUT2D eigenvalue weighted by molar-refractivity contribution is -0.132. The molecule has 1 saturated heterocycles. The highest BCUT2D eigenvalue weighted by Gasteiger charge is 2.25. The Kier molecular flexibility index (Phi) is 5.94. The van der Waals surface area contributed by atoms with E-state index >= 15 is 0 Å². The highest BCUT2D eigenvalue weighted by Crippen LogP contribution is 2.38. The van der Waals surface area contributed by atoms with Crippen molar-refractivity contribution in [3.63, 3.8) is 0 Å². The largest absolute Gasteiger partial charge is 0.354 e. The van der Waals surface area contributed by atoms with Gasteiger partial charge in [0.2, 0.25) is 5.91 Å². The minimum atomic E-state index is 0.237. The van der Waals surface area contributed by atoms with Crippen LogP contribution in [-0.2, 0) is 4.79 Å². The average Bonchev–Trinajstić information content (AvgIpc) is 3.43. The SMILES string of the molecule is Cc1cc(-c2[nH]c3ccc(C4CCN(C(=O)CN(C)C)CC4)cc3c2C(C)C)cc2nccn12. The molecule has 0 spiro atoms. The van der Waals surface area contributed by atoms with Gasteiger partial charge in [-0.3, -0.25) is 4.79 Å². The lowest BCUT2D eigenvalue weighted by atomic mass is 9.87. The van der Waals surface area contributed by atoms with Crippen LogP contribution in [0.4, 0.5) is 0 Å². The van der Waals surface area contributed by atoms with Crippen molar-refractivity contribution in [1.29, 1.82) is 0 Å². The van der Waals surface area contributed by atoms with Crippen molar-refractivity contribution in [3.05, 3.63) is 59.5 Å². The summed E-state index contributed by atoms with van der Waals surface area (Å²) in [6, 6.07) is 11.3. The van der Waals surface area contributed by atoms with E-state index in [0.29, 0.717) is 18.4 Å². The van der Waals surface area contributed by atoms with Crippen molar-refractivity contribution < 1.29 is 4.79 Å². The minimum absolute atomic E-state index is 0.237. The number of piperidine rings is 1. The number of hydrogen-bond acceptors (Lipinski definition) is 3. The Morgan fingerprint density at radius 3 is 2.65 bits per heavy atom. The predicted octanol–water partition coefficient (Wildman–Crippen LogP) is 5.18. The third kappa shape index (κ3) is 4.11. The van der Waals surface area contributed by atoms with Gasteiger partial charge in [-0.1, -0.05) is 19.9 Å². The number of nitrogens with zero attached hydrogens (tertiary/aromatic N) is 4. The number of likely N-dealkylation sites (N-methyl/N-ethyl adjacent to an activating group) is 1. The Morgan fingerprint density at radius 1 is 1.18 bits per heavy atom. The van der Waals surface area contributed by atoms with E-state index in [1.165, 1.54) is 39.0 Å². The molecular formula is C28H35N5O. The monoisotopic (exact) mass is 457 g/mol. The zero-order valence-electron chi connectivity index (χ0n) is 20.9. The Hall–Kier alpha value is -3.12. The minimum Gasteiger partial charge on any atom is -0.354 e. The summed E-state index contributed by atoms with van der Waals surface area (Å²) in [5.41, 5.74) is 8.46. The van der Waals surface area contributed by atoms with Gasteiger partial charge in [0.15, 0.2) is 0 Å². The summed E-state index contributed by atoms with van der Waals surface area (Å²) >= 11 is 0. The third-order valence-electron chi connectivity index (χ3n) is 7.20. The highest BCUT2D eigenvalue weighted by atomic mass is 16.2. The molecule has 1 amide bonds. The maximum atomic E-state index is 12.4. The van der Waals surface area contributed by atoms with Gasteiger partial charge in [0.05, 0.1) is 12.2 Å². The number of hydrogen-bond donors (Lipinski definition) is 1. The van der Waals surface area contributed by atoms with Crippen molar-refractivity contribution in [1.82, 2.24) is 24.2 Å². The van der Waals surface area contributed by atoms with Gasteiger partial charge in [-0.15, -0.1) is 0 Å². The number of fused-ring (bicyclic) bond motifs is 2. The maximum Gasteiger partial charge on any atom is 0.236 e. The van der Waals surface area contributed by atoms with Crippen LogP contribution in [0.1, 0.15) is 55.3 Å². The van der Waals surface area contributed by atoms with E-state index in [-0.39, 0.29) is 5.91 Å². The summed E-state index contributed by atoms with van der Waals surface area (Å²) in [6.45, 7) is 8.85. The molecule has 0 radical (unpaired) electrons. The van der Waals surface area contributed by atoms with Gasteiger partial charge in [-0.25, -0.2) is 4.98 Å². The maximum absolute atomic E-state index is 12.4. The van der Waals surface area contributed by atoms with Crippen LogP contribution in [0.5, 0.6) is 0 Å². The number of carbonyl (C=O) groups is 1. The van der Waals surface area contributed by atoms with E-state index < -0.39 is 0 Å². The quantitative estimate of drug-likeness (QED) is 0.449. The van der Waals surface area contributed by atoms with Crippen molar-refractivity contribution in [2.75, 3.05) is 33.7 Å². The molecule has 0 saturated carbocycles. The molecule has 6 heteroatoms. The number of aromatic amines is 1. The number of aromatic nitrogens is 3. The first-order chi connectivity index (χ1) is 16.3. The van der Waals surface area contributed by atoms with Gasteiger partial charge in [0.25, 0.3) is 0 Å². The van der Waals surface area contributed by atoms with Gasteiger partial charge in [0, 0.05) is 47.6 Å². The molecule has 1 fully saturated rings. The van der Waals surface area contributed by atoms with Gasteiger partial charge < -0.3 is 19.2 Å². The summed E-state index contributed by atoms with van der Waals surface area (Å²) in [5.74, 6) is 1.12. The molecule has 1 aromatic carbocycles. The fourth-order valence-corrected chi connectivity index (χ4v) is 5.48. The second kappa shape index (κ2) is 8.91. The lowest BCUT2D eigenvalue weighted by Gasteiger charge is -2.33. The number of aryl methyl sites for hydroxylation is 1. The number of carbonyl (C=O) groups excluding carboxylic acids is 1. The fraction of sp³-hybridized carbons (Fsp3) is 0.429. The number of imidazole rings is 1. The van der Waals surface area contributed by atoms with Crippen LogP contribution in [0.2, 0.25) is 0 Å². The molecular weight excluding hydrogens is 422 g/mol. The fourth-order valence-electron chi connectivity index (χ4n) is 5.48. The van der Waals surface area contributed by atoms with Crippen molar-refractivity contribution in [3.8, 4) is 11.3 Å². The number of likely N-dealkylation sites (tertiary alicyclic amines) is 1. The highest BCUT2D eigenvalue weighted by molar-refractivity contribution is 5.92. The van der Waals surface area contributed by atoms with Gasteiger partial charge in [0.1, 0.15) is 5.65 Å². The third-order valence-corrected chi connectivity index (χ3v) is 7.20. The first kappa shape index (κ1) is 22.7. The van der Waals surface area contributed by atoms with Gasteiger partial charge >= 0.3 is 0 Å². The Morgan fingerprint density at radius 2 is 1.94 bits per heavy atom. The molecule has 6 nitrogen and oxygen atoms in total. The molecule has 34 heavy (non-hydrogen) atoms. The molecule has 1 aliphatic heterocycles. The van der Waals surface area contributed by atoms with Crippen LogP contribution in [0, 0.1) is 6.92 Å². The van der Waals surface area contributed by atoms with Crippen LogP contribution >= 0.6 is 0 Å². The molecule has 178 valence electrons. The zero-order valence-corrected chi connectivity index (χ0v) is 20.9. The van der Waals surface area contributed by atoms with E-state index in [2.05, 4.69) is 65.5 Å². The number of H-pyrrole nitrogens is 1. The van der Waals surface area contributed by atoms with E-state index in [1.807, 2.05) is 36.3 Å². The van der Waals surface area contributed by atoms with Crippen LogP contribution in [0.3, 0.4) is 0 Å². The molecule has 1 N–H and O–H groups in total. The molecule has 1 aliphatic rings. The van der Waals surface area contributed by atoms with E-state index in [1.54, 1.807) is 0 Å². The van der Waals surface area contributed by atoms with Crippen molar-refractivity contribution >= 4 is 22.5 Å². The summed E-state index contributed by atoms with van der Waals surface area (Å²) in [4.78, 5) is 24.7. The van der Waals surface area contributed by atoms with Crippen LogP contribution in [0.15, 0.2) is 42.7 Å². The number of pyridine rings is 1. The van der Waals surface area contributed by atoms with E-state index in [0.717, 1.165) is 31.6 Å². The molecule has 4 aromatic rings. The smallest absolute Gasteiger partial charge is 0.236 e. The molecule has 0 aliphatic carbocycles. The Balaban J connectivity index is 1.47. The Labute approximate surface area is 201 Å². The average molecular weight is 458 g/mol. The molecule has 0 atom stereocenters. The summed E-state index contributed by atoms with van der Waals surface area (Å²) in [6.07, 6.45) is 5.91. The summed E-state index contributed by atoms with van der Waals surface area (Å²) in [5, 5.41) is 1.31. The topological polar surface area (TPSA) is 56.6 Å². The lowest BCUT2D eigenvalue weighted by Crippen LogP contribution is -2.42. The van der Waals surface area contributed by atoms with Gasteiger partial charge in [-0.05, 0) is 81.1 Å². The van der Waals surface area contributed by atoms with Crippen LogP contribution in [-0.4, -0.2) is 63.8 Å². The number of benzene rings is 1. The van der Waals surface area contributed by atoms with Crippen molar-refractivity contribution in [2.45, 2.75) is 45.4 Å². The zero-order chi connectivity index (χ0) is 24.0. The molecule has 0 bridgehead atoms. The first-order valence-corrected chi connectivity index (χ1v) is 12.3. The second-order valence-electron chi connectivity index (χ2n) is 10.3. The summed E-state index contributed by atoms with van der Waals surface area (Å²) in [7, 11) is 3.90. The van der Waals surface area contributed by atoms with Gasteiger partial charge in [-0.2, -0.15) is 0 Å². The van der Waals surface area contributed by atoms with Crippen molar-refractivity contribution in [2.24, 2.45) is 0 Å².